The first-order chi connectivity index (χ1) is 26.4. The van der Waals surface area contributed by atoms with Gasteiger partial charge in [0.15, 0.2) is 0 Å². The second-order valence-corrected chi connectivity index (χ2v) is 27.5. The molecule has 0 aromatic heterocycles. The second kappa shape index (κ2) is 15.8. The van der Waals surface area contributed by atoms with E-state index < -0.39 is 20.3 Å². The molecule has 2 nitrogen and oxygen atoms in total. The van der Waals surface area contributed by atoms with Crippen LogP contribution in [0.1, 0.15) is 76.7 Å². The van der Waals surface area contributed by atoms with Gasteiger partial charge in [-0.1, -0.05) is 57.6 Å². The van der Waals surface area contributed by atoms with Crippen molar-refractivity contribution in [2.45, 2.75) is 70.9 Å². The molecule has 3 aliphatic rings. The molecule has 2 aliphatic carbocycles. The minimum Gasteiger partial charge on any atom is -0.872 e. The topological polar surface area (TPSA) is 46.1 Å². The van der Waals surface area contributed by atoms with Crippen LogP contribution in [-0.2, 0) is 20.3 Å². The average Bonchev–Trinajstić information content (AvgIpc) is 3.75. The Labute approximate surface area is 333 Å². The molecule has 1 saturated heterocycles. The first kappa shape index (κ1) is 38.6. The molecule has 0 bridgehead atoms. The van der Waals surface area contributed by atoms with E-state index in [0.717, 1.165) is 33.4 Å². The average molecular weight is 800 g/mol. The van der Waals surface area contributed by atoms with Gasteiger partial charge in [-0.3, -0.25) is 0 Å². The molecule has 6 aromatic rings. The molecule has 6 aromatic carbocycles. The maximum Gasteiger partial charge on any atom is -0.0398 e. The fraction of sp³-hybridized carbons (Fsp3) is 0.231. The quantitative estimate of drug-likeness (QED) is 0.178. The Bertz CT molecular complexity index is 2220. The van der Waals surface area contributed by atoms with Crippen LogP contribution in [0.2, 0.25) is 8.26 Å². The van der Waals surface area contributed by atoms with Crippen molar-refractivity contribution in [1.29, 1.82) is 0 Å². The van der Waals surface area contributed by atoms with Gasteiger partial charge in [-0.2, -0.15) is 0 Å². The smallest absolute Gasteiger partial charge is 0.0398 e. The minimum absolute atomic E-state index is 0.172. The fourth-order valence-corrected chi connectivity index (χ4v) is 27.3. The SMILES string of the molecule is CC1=Cc2c(-c3ccccc3)cccc2[CH]1[Zr+2]1([CH]2C(C)=Cc3c(-c4ccccc4)cccc32)[CH2][CH2]1.Cc1cc(C)c([O-])c(C)c1.Cc1cc(C)c([O-])c(C)c1. The number of fused-ring (bicyclic) bond motifs is 2. The number of benzene rings is 6. The molecule has 276 valence electrons. The molecule has 1 aliphatic heterocycles. The van der Waals surface area contributed by atoms with Crippen LogP contribution in [-0.4, -0.2) is 0 Å². The van der Waals surface area contributed by atoms with Crippen molar-refractivity contribution < 1.29 is 30.5 Å². The third-order valence-corrected chi connectivity index (χ3v) is 25.4. The van der Waals surface area contributed by atoms with Crippen molar-refractivity contribution in [1.82, 2.24) is 0 Å². The van der Waals surface area contributed by atoms with E-state index in [1.54, 1.807) is 22.3 Å². The zero-order valence-corrected chi connectivity index (χ0v) is 36.0. The van der Waals surface area contributed by atoms with E-state index in [0.29, 0.717) is 7.25 Å². The van der Waals surface area contributed by atoms with Crippen LogP contribution in [0.3, 0.4) is 0 Å². The van der Waals surface area contributed by atoms with Gasteiger partial charge < -0.3 is 10.2 Å². The van der Waals surface area contributed by atoms with Crippen LogP contribution < -0.4 is 10.2 Å². The third kappa shape index (κ3) is 7.62. The summed E-state index contributed by atoms with van der Waals surface area (Å²) in [6, 6.07) is 43.7. The van der Waals surface area contributed by atoms with Crippen molar-refractivity contribution in [3.8, 4) is 33.8 Å². The van der Waals surface area contributed by atoms with Gasteiger partial charge in [-0.25, -0.2) is 0 Å². The second-order valence-electron chi connectivity index (χ2n) is 16.2. The molecule has 55 heavy (non-hydrogen) atoms. The molecule has 3 heteroatoms. The number of allylic oxidation sites excluding steroid dienone is 2. The molecule has 2 unspecified atom stereocenters. The minimum atomic E-state index is -2.56. The first-order valence-electron chi connectivity index (χ1n) is 19.6. The molecule has 0 N–H and O–H groups in total. The van der Waals surface area contributed by atoms with Gasteiger partial charge in [0.05, 0.1) is 0 Å². The van der Waals surface area contributed by atoms with Crippen LogP contribution >= 0.6 is 0 Å². The summed E-state index contributed by atoms with van der Waals surface area (Å²) in [5.41, 5.74) is 20.6. The summed E-state index contributed by atoms with van der Waals surface area (Å²) in [5, 5.41) is 22.2. The molecule has 1 fully saturated rings. The summed E-state index contributed by atoms with van der Waals surface area (Å²) < 4.78 is 4.40. The summed E-state index contributed by atoms with van der Waals surface area (Å²) in [5.74, 6) is 0.344. The van der Waals surface area contributed by atoms with E-state index >= 15 is 0 Å². The van der Waals surface area contributed by atoms with Gasteiger partial charge >= 0.3 is 214 Å². The summed E-state index contributed by atoms with van der Waals surface area (Å²) >= 11 is -2.56. The Morgan fingerprint density at radius 2 is 0.782 bits per heavy atom. The van der Waals surface area contributed by atoms with E-state index in [1.165, 1.54) is 41.6 Å². The molecule has 0 amide bonds. The van der Waals surface area contributed by atoms with E-state index in [2.05, 4.69) is 123 Å². The van der Waals surface area contributed by atoms with Crippen LogP contribution in [0.15, 0.2) is 132 Å². The Kier molecular flexibility index (Phi) is 11.1. The summed E-state index contributed by atoms with van der Waals surface area (Å²) in [4.78, 5) is 0. The number of hydrogen-bond acceptors (Lipinski definition) is 2. The third-order valence-electron chi connectivity index (χ3n) is 11.9. The van der Waals surface area contributed by atoms with Crippen LogP contribution in [0.25, 0.3) is 34.4 Å². The largest absolute Gasteiger partial charge is 0.872 e. The fourth-order valence-electron chi connectivity index (χ4n) is 9.59. The predicted octanol–water partition coefficient (Wildman–Crippen LogP) is 13.0. The first-order valence-corrected chi connectivity index (χ1v) is 25.9. The molecule has 0 spiro atoms. The van der Waals surface area contributed by atoms with Crippen molar-refractivity contribution in [2.24, 2.45) is 0 Å². The van der Waals surface area contributed by atoms with Crippen molar-refractivity contribution in [2.75, 3.05) is 0 Å². The maximum atomic E-state index is 11.1. The number of hydrogen-bond donors (Lipinski definition) is 0. The van der Waals surface area contributed by atoms with Crippen molar-refractivity contribution in [3.05, 3.63) is 188 Å². The molecule has 9 rings (SSSR count). The Balaban J connectivity index is 0.000000190. The predicted molar refractivity (Wildman–Crippen MR) is 226 cm³/mol. The zero-order chi connectivity index (χ0) is 39.0. The molecule has 0 radical (unpaired) electrons. The Hall–Kier alpha value is -4.72. The van der Waals surface area contributed by atoms with E-state index in [4.69, 9.17) is 0 Å². The molecule has 1 heterocycles. The van der Waals surface area contributed by atoms with Crippen molar-refractivity contribution in [3.63, 3.8) is 0 Å². The Morgan fingerprint density at radius 3 is 1.11 bits per heavy atom. The van der Waals surface area contributed by atoms with E-state index in [1.807, 2.05) is 65.8 Å². The van der Waals surface area contributed by atoms with Gasteiger partial charge in [0, 0.05) is 0 Å². The standard InChI is InChI=1S/2C16H13.2C9H12O.C2H4.Zr/c2*1-12-10-14-8-5-9-15(16(14)11-12)13-6-3-2-4-7-13;2*1-6-4-7(2)9(10)8(3)5-6;1-2;/h2*2-11H,1H3;2*4-5,10H,1-3H3;1-2H2;/q;;;;;+2/p-2. The van der Waals surface area contributed by atoms with Gasteiger partial charge in [-0.15, -0.1) is 11.5 Å². The van der Waals surface area contributed by atoms with E-state index in [-0.39, 0.29) is 11.5 Å². The number of aryl methyl sites for hydroxylation is 6. The molecular formula is C52H52O2Zr. The van der Waals surface area contributed by atoms with Crippen LogP contribution in [0, 0.1) is 41.5 Å². The van der Waals surface area contributed by atoms with Gasteiger partial charge in [0.1, 0.15) is 0 Å². The van der Waals surface area contributed by atoms with Gasteiger partial charge in [0.2, 0.25) is 0 Å². The van der Waals surface area contributed by atoms with Crippen LogP contribution in [0.4, 0.5) is 0 Å². The number of rotatable bonds is 4. The van der Waals surface area contributed by atoms with Gasteiger partial charge in [-0.05, 0) is 41.5 Å². The summed E-state index contributed by atoms with van der Waals surface area (Å²) in [6.45, 7) is 16.2. The summed E-state index contributed by atoms with van der Waals surface area (Å²) in [6.07, 6.45) is 5.07. The zero-order valence-electron chi connectivity index (χ0n) is 33.6. The molecule has 0 saturated carbocycles. The van der Waals surface area contributed by atoms with E-state index in [9.17, 15) is 10.2 Å². The molecule has 2 atom stereocenters. The van der Waals surface area contributed by atoms with Crippen molar-refractivity contribution >= 4 is 12.2 Å². The summed E-state index contributed by atoms with van der Waals surface area (Å²) in [7, 11) is 0. The normalized spacial score (nSPS) is 16.5. The Morgan fingerprint density at radius 1 is 0.436 bits per heavy atom. The monoisotopic (exact) mass is 798 g/mol. The maximum absolute atomic E-state index is 11.1. The van der Waals surface area contributed by atoms with Gasteiger partial charge in [0.25, 0.3) is 0 Å². The van der Waals surface area contributed by atoms with Crippen LogP contribution in [0.5, 0.6) is 11.5 Å². The molecular weight excluding hydrogens is 748 g/mol.